The number of rotatable bonds is 8. The quantitative estimate of drug-likeness (QED) is 0.627. The maximum Gasteiger partial charge on any atom is 0.244 e. The van der Waals surface area contributed by atoms with Crippen LogP contribution >= 0.6 is 11.6 Å². The van der Waals surface area contributed by atoms with E-state index in [1.165, 1.54) is 6.07 Å². The highest BCUT2D eigenvalue weighted by atomic mass is 35.5. The van der Waals surface area contributed by atoms with Crippen molar-refractivity contribution < 1.29 is 4.39 Å². The highest BCUT2D eigenvalue weighted by Crippen LogP contribution is 2.12. The zero-order chi connectivity index (χ0) is 18.2. The van der Waals surface area contributed by atoms with Crippen LogP contribution in [0.1, 0.15) is 11.1 Å². The Morgan fingerprint density at radius 1 is 0.962 bits per heavy atom. The van der Waals surface area contributed by atoms with Gasteiger partial charge in [-0.25, -0.2) is 4.39 Å². The van der Waals surface area contributed by atoms with Crippen LogP contribution in [0.4, 0.5) is 16.2 Å². The molecule has 0 radical (unpaired) electrons. The standard InChI is InChI=1S/C19H19ClFN5/c20-16-6-3-4-14(12-16)8-10-22-18-13-24-26-19(25-18)23-11-9-15-5-1-2-7-17(15)21/h1-7,12-13H,8-11H2,(H2,22,23,25,26). The van der Waals surface area contributed by atoms with Crippen LogP contribution in [0.2, 0.25) is 5.02 Å². The predicted octanol–water partition coefficient (Wildman–Crippen LogP) is 3.97. The molecule has 3 rings (SSSR count). The van der Waals surface area contributed by atoms with E-state index in [0.29, 0.717) is 36.8 Å². The van der Waals surface area contributed by atoms with E-state index in [4.69, 9.17) is 11.6 Å². The molecule has 0 aliphatic heterocycles. The summed E-state index contributed by atoms with van der Waals surface area (Å²) in [6.07, 6.45) is 2.93. The predicted molar refractivity (Wildman–Crippen MR) is 102 cm³/mol. The minimum Gasteiger partial charge on any atom is -0.368 e. The number of hydrogen-bond acceptors (Lipinski definition) is 5. The van der Waals surface area contributed by atoms with Crippen LogP contribution < -0.4 is 10.6 Å². The molecule has 0 fully saturated rings. The van der Waals surface area contributed by atoms with Gasteiger partial charge in [-0.2, -0.15) is 10.1 Å². The van der Waals surface area contributed by atoms with E-state index < -0.39 is 0 Å². The Hall–Kier alpha value is -2.73. The molecule has 2 aromatic carbocycles. The summed E-state index contributed by atoms with van der Waals surface area (Å²) in [7, 11) is 0. The molecule has 1 heterocycles. The summed E-state index contributed by atoms with van der Waals surface area (Å²) in [5.74, 6) is 0.842. The second-order valence-electron chi connectivity index (χ2n) is 5.74. The van der Waals surface area contributed by atoms with Crippen molar-refractivity contribution in [1.82, 2.24) is 15.2 Å². The monoisotopic (exact) mass is 371 g/mol. The van der Waals surface area contributed by atoms with E-state index >= 15 is 0 Å². The van der Waals surface area contributed by atoms with Crippen LogP contribution in [-0.2, 0) is 12.8 Å². The molecule has 0 spiro atoms. The number of anilines is 2. The number of hydrogen-bond donors (Lipinski definition) is 2. The molecular weight excluding hydrogens is 353 g/mol. The van der Waals surface area contributed by atoms with Crippen molar-refractivity contribution in [1.29, 1.82) is 0 Å². The summed E-state index contributed by atoms with van der Waals surface area (Å²) < 4.78 is 13.6. The molecule has 134 valence electrons. The van der Waals surface area contributed by atoms with Crippen LogP contribution in [0.15, 0.2) is 54.7 Å². The van der Waals surface area contributed by atoms with E-state index in [-0.39, 0.29) is 5.82 Å². The fraction of sp³-hybridized carbons (Fsp3) is 0.211. The van der Waals surface area contributed by atoms with Crippen LogP contribution in [0.5, 0.6) is 0 Å². The molecule has 0 unspecified atom stereocenters. The lowest BCUT2D eigenvalue weighted by Crippen LogP contribution is -2.12. The van der Waals surface area contributed by atoms with Crippen LogP contribution in [0.3, 0.4) is 0 Å². The van der Waals surface area contributed by atoms with E-state index in [9.17, 15) is 4.39 Å². The molecule has 0 aliphatic rings. The highest BCUT2D eigenvalue weighted by Gasteiger charge is 2.03. The zero-order valence-electron chi connectivity index (χ0n) is 14.1. The SMILES string of the molecule is Fc1ccccc1CCNc1nncc(NCCc2cccc(Cl)c2)n1. The van der Waals surface area contributed by atoms with Crippen molar-refractivity contribution in [3.05, 3.63) is 76.7 Å². The van der Waals surface area contributed by atoms with Crippen molar-refractivity contribution in [3.8, 4) is 0 Å². The van der Waals surface area contributed by atoms with Gasteiger partial charge in [-0.05, 0) is 42.2 Å². The van der Waals surface area contributed by atoms with Crippen molar-refractivity contribution in [2.24, 2.45) is 0 Å². The van der Waals surface area contributed by atoms with Gasteiger partial charge in [0.05, 0.1) is 6.20 Å². The van der Waals surface area contributed by atoms with Crippen LogP contribution in [0.25, 0.3) is 0 Å². The second-order valence-corrected chi connectivity index (χ2v) is 6.18. The second kappa shape index (κ2) is 9.10. The number of aromatic nitrogens is 3. The van der Waals surface area contributed by atoms with Crippen LogP contribution in [0, 0.1) is 5.82 Å². The van der Waals surface area contributed by atoms with Crippen molar-refractivity contribution in [2.75, 3.05) is 23.7 Å². The third-order valence-electron chi connectivity index (χ3n) is 3.80. The van der Waals surface area contributed by atoms with E-state index in [1.807, 2.05) is 30.3 Å². The minimum absolute atomic E-state index is 0.204. The van der Waals surface area contributed by atoms with Gasteiger partial charge in [-0.15, -0.1) is 5.10 Å². The molecule has 1 aromatic heterocycles. The van der Waals surface area contributed by atoms with Gasteiger partial charge in [0.1, 0.15) is 5.82 Å². The lowest BCUT2D eigenvalue weighted by molar-refractivity contribution is 0.610. The first-order valence-electron chi connectivity index (χ1n) is 8.36. The van der Waals surface area contributed by atoms with Crippen molar-refractivity contribution in [3.63, 3.8) is 0 Å². The summed E-state index contributed by atoms with van der Waals surface area (Å²) in [5.41, 5.74) is 1.80. The number of benzene rings is 2. The number of nitrogens with one attached hydrogen (secondary N) is 2. The molecule has 0 bridgehead atoms. The maximum atomic E-state index is 13.6. The molecule has 0 aliphatic carbocycles. The molecule has 2 N–H and O–H groups in total. The highest BCUT2D eigenvalue weighted by molar-refractivity contribution is 6.30. The molecule has 0 saturated heterocycles. The van der Waals surface area contributed by atoms with E-state index in [0.717, 1.165) is 17.0 Å². The molecule has 0 atom stereocenters. The molecular formula is C19H19ClFN5. The normalized spacial score (nSPS) is 10.5. The first-order chi connectivity index (χ1) is 12.7. The third kappa shape index (κ3) is 5.39. The Bertz CT molecular complexity index is 859. The Kier molecular flexibility index (Phi) is 6.33. The molecule has 26 heavy (non-hydrogen) atoms. The van der Waals surface area contributed by atoms with Gasteiger partial charge in [0.15, 0.2) is 5.82 Å². The molecule has 0 saturated carbocycles. The first kappa shape index (κ1) is 18.1. The first-order valence-corrected chi connectivity index (χ1v) is 8.74. The maximum absolute atomic E-state index is 13.6. The van der Waals surface area contributed by atoms with Crippen molar-refractivity contribution in [2.45, 2.75) is 12.8 Å². The summed E-state index contributed by atoms with van der Waals surface area (Å²) in [6.45, 7) is 1.22. The molecule has 7 heteroatoms. The average molecular weight is 372 g/mol. The molecule has 3 aromatic rings. The van der Waals surface area contributed by atoms with E-state index in [1.54, 1.807) is 18.3 Å². The lowest BCUT2D eigenvalue weighted by Gasteiger charge is -2.08. The third-order valence-corrected chi connectivity index (χ3v) is 4.04. The Morgan fingerprint density at radius 3 is 2.65 bits per heavy atom. The van der Waals surface area contributed by atoms with Crippen molar-refractivity contribution >= 4 is 23.4 Å². The number of halogens is 2. The van der Waals surface area contributed by atoms with E-state index in [2.05, 4.69) is 25.8 Å². The lowest BCUT2D eigenvalue weighted by atomic mass is 10.1. The van der Waals surface area contributed by atoms with Gasteiger partial charge >= 0.3 is 0 Å². The summed E-state index contributed by atoms with van der Waals surface area (Å²) in [4.78, 5) is 4.36. The Morgan fingerprint density at radius 2 is 1.81 bits per heavy atom. The average Bonchev–Trinajstić information content (AvgIpc) is 2.64. The van der Waals surface area contributed by atoms with Gasteiger partial charge in [0.25, 0.3) is 0 Å². The van der Waals surface area contributed by atoms with Crippen LogP contribution in [-0.4, -0.2) is 28.3 Å². The van der Waals surface area contributed by atoms with Gasteiger partial charge in [0, 0.05) is 18.1 Å². The zero-order valence-corrected chi connectivity index (χ0v) is 14.9. The number of nitrogens with zero attached hydrogens (tertiary/aromatic N) is 3. The molecule has 5 nitrogen and oxygen atoms in total. The summed E-state index contributed by atoms with van der Waals surface area (Å²) in [6, 6.07) is 14.5. The fourth-order valence-electron chi connectivity index (χ4n) is 2.50. The van der Waals surface area contributed by atoms with Gasteiger partial charge in [-0.1, -0.05) is 41.9 Å². The Labute approximate surface area is 156 Å². The largest absolute Gasteiger partial charge is 0.368 e. The van der Waals surface area contributed by atoms with Gasteiger partial charge in [-0.3, -0.25) is 0 Å². The minimum atomic E-state index is -0.204. The topological polar surface area (TPSA) is 62.7 Å². The Balaban J connectivity index is 1.47. The summed E-state index contributed by atoms with van der Waals surface area (Å²) in [5, 5.41) is 14.9. The van der Waals surface area contributed by atoms with Gasteiger partial charge < -0.3 is 10.6 Å². The fourth-order valence-corrected chi connectivity index (χ4v) is 2.71. The van der Waals surface area contributed by atoms with Gasteiger partial charge in [0.2, 0.25) is 5.95 Å². The smallest absolute Gasteiger partial charge is 0.244 e. The molecule has 0 amide bonds. The summed E-state index contributed by atoms with van der Waals surface area (Å²) >= 11 is 5.98.